The number of benzene rings is 3. The molecule has 3 aromatic carbocycles. The molecule has 3 fully saturated rings. The van der Waals surface area contributed by atoms with Crippen molar-refractivity contribution in [1.82, 2.24) is 24.9 Å². The highest BCUT2D eigenvalue weighted by Gasteiger charge is 2.27. The number of hydrogen-bond acceptors (Lipinski definition) is 8. The second kappa shape index (κ2) is 19.8. The van der Waals surface area contributed by atoms with Crippen molar-refractivity contribution in [3.63, 3.8) is 0 Å². The van der Waals surface area contributed by atoms with E-state index in [1.165, 1.54) is 55.5 Å². The Morgan fingerprint density at radius 2 is 1.13 bits per heavy atom. The van der Waals surface area contributed by atoms with Crippen LogP contribution in [-0.4, -0.2) is 131 Å². The van der Waals surface area contributed by atoms with E-state index in [-0.39, 0.29) is 0 Å². The molecule has 0 spiro atoms. The molecular weight excluding hydrogens is 647 g/mol. The summed E-state index contributed by atoms with van der Waals surface area (Å²) in [5.41, 5.74) is 4.01. The molecule has 3 heterocycles. The molecule has 1 N–H and O–H groups in total. The Hall–Kier alpha value is -3.14. The Morgan fingerprint density at radius 3 is 1.75 bits per heavy atom. The second-order valence-corrected chi connectivity index (χ2v) is 15.9. The highest BCUT2D eigenvalue weighted by molar-refractivity contribution is 5.29. The number of nitrogens with one attached hydrogen (secondary N) is 1. The van der Waals surface area contributed by atoms with Crippen LogP contribution in [0.5, 0.6) is 17.2 Å². The van der Waals surface area contributed by atoms with Crippen LogP contribution in [0, 0.1) is 12.8 Å². The van der Waals surface area contributed by atoms with Gasteiger partial charge in [0, 0.05) is 57.4 Å². The van der Waals surface area contributed by atoms with E-state index in [1.807, 2.05) is 0 Å². The summed E-state index contributed by atoms with van der Waals surface area (Å²) >= 11 is 0. The molecule has 2 unspecified atom stereocenters. The van der Waals surface area contributed by atoms with Crippen LogP contribution in [0.25, 0.3) is 0 Å². The lowest BCUT2D eigenvalue weighted by Crippen LogP contribution is -2.53. The summed E-state index contributed by atoms with van der Waals surface area (Å²) in [6.07, 6.45) is 7.06. The SMILES string of the molecule is Cc1ccc(OCCN2CCN(C)CC2Cc2ccc(OCCN3CC[C@@H](C)CC3Cc3ccc(OCCNC4CCN(C)CC4)cc3)cc2)cc1. The largest absolute Gasteiger partial charge is 0.492 e. The van der Waals surface area contributed by atoms with Crippen molar-refractivity contribution in [1.29, 1.82) is 0 Å². The van der Waals surface area contributed by atoms with Gasteiger partial charge in [-0.05, 0) is 133 Å². The molecule has 3 atom stereocenters. The molecule has 0 bridgehead atoms. The quantitative estimate of drug-likeness (QED) is 0.171. The first-order chi connectivity index (χ1) is 25.4. The molecule has 52 heavy (non-hydrogen) atoms. The number of piperidine rings is 2. The van der Waals surface area contributed by atoms with Gasteiger partial charge in [0.1, 0.15) is 37.1 Å². The van der Waals surface area contributed by atoms with E-state index in [0.717, 1.165) is 81.8 Å². The number of ether oxygens (including phenoxy) is 3. The molecule has 0 radical (unpaired) electrons. The molecule has 0 amide bonds. The van der Waals surface area contributed by atoms with Crippen LogP contribution in [-0.2, 0) is 12.8 Å². The van der Waals surface area contributed by atoms with E-state index in [0.29, 0.717) is 37.9 Å². The predicted octanol–water partition coefficient (Wildman–Crippen LogP) is 6.02. The van der Waals surface area contributed by atoms with Gasteiger partial charge in [-0.3, -0.25) is 9.80 Å². The Morgan fingerprint density at radius 1 is 0.596 bits per heavy atom. The first-order valence-corrected chi connectivity index (χ1v) is 20.1. The zero-order chi connectivity index (χ0) is 36.1. The maximum atomic E-state index is 6.32. The van der Waals surface area contributed by atoms with E-state index < -0.39 is 0 Å². The summed E-state index contributed by atoms with van der Waals surface area (Å²) < 4.78 is 18.5. The summed E-state index contributed by atoms with van der Waals surface area (Å²) in [4.78, 5) is 10.1. The molecule has 3 aliphatic rings. The molecule has 8 nitrogen and oxygen atoms in total. The number of likely N-dealkylation sites (tertiary alicyclic amines) is 2. The van der Waals surface area contributed by atoms with Crippen molar-refractivity contribution in [2.75, 3.05) is 92.8 Å². The molecule has 3 aliphatic heterocycles. The molecule has 0 aliphatic carbocycles. The first-order valence-electron chi connectivity index (χ1n) is 20.1. The number of nitrogens with zero attached hydrogens (tertiary/aromatic N) is 4. The highest BCUT2D eigenvalue weighted by Crippen LogP contribution is 2.26. The van der Waals surface area contributed by atoms with Gasteiger partial charge in [-0.1, -0.05) is 48.9 Å². The van der Waals surface area contributed by atoms with Gasteiger partial charge in [0.05, 0.1) is 0 Å². The standard InChI is InChI=1S/C44H65N5O3/c1-35-5-11-42(12-6-35)51-30-27-49-25-24-47(4)34-41(49)33-38-9-15-44(16-10-38)52-29-26-48-23-17-36(2)31-40(48)32-37-7-13-43(14-8-37)50-28-20-45-39-18-21-46(3)22-19-39/h5-16,36,39-41,45H,17-34H2,1-4H3/t36-,40?,41?/m1/s1. The summed E-state index contributed by atoms with van der Waals surface area (Å²) in [5.74, 6) is 3.64. The summed E-state index contributed by atoms with van der Waals surface area (Å²) in [6.45, 7) is 16.2. The van der Waals surface area contributed by atoms with Gasteiger partial charge in [0.15, 0.2) is 0 Å². The summed E-state index contributed by atoms with van der Waals surface area (Å²) in [7, 11) is 4.45. The topological polar surface area (TPSA) is 52.7 Å². The molecule has 0 aromatic heterocycles. The van der Waals surface area contributed by atoms with E-state index in [9.17, 15) is 0 Å². The lowest BCUT2D eigenvalue weighted by Gasteiger charge is -2.40. The fraction of sp³-hybridized carbons (Fsp3) is 0.591. The number of aryl methyl sites for hydroxylation is 1. The minimum absolute atomic E-state index is 0.477. The van der Waals surface area contributed by atoms with Crippen LogP contribution in [0.1, 0.15) is 49.3 Å². The predicted molar refractivity (Wildman–Crippen MR) is 213 cm³/mol. The second-order valence-electron chi connectivity index (χ2n) is 15.9. The van der Waals surface area contributed by atoms with Gasteiger partial charge < -0.3 is 29.3 Å². The average molecular weight is 712 g/mol. The van der Waals surface area contributed by atoms with E-state index in [1.54, 1.807) is 0 Å². The Kier molecular flexibility index (Phi) is 14.7. The smallest absolute Gasteiger partial charge is 0.119 e. The Balaban J connectivity index is 0.915. The molecule has 284 valence electrons. The van der Waals surface area contributed by atoms with Gasteiger partial charge in [0.2, 0.25) is 0 Å². The first kappa shape index (κ1) is 38.6. The van der Waals surface area contributed by atoms with Crippen LogP contribution in [0.3, 0.4) is 0 Å². The van der Waals surface area contributed by atoms with Crippen LogP contribution in [0.15, 0.2) is 72.8 Å². The molecule has 6 rings (SSSR count). The summed E-state index contributed by atoms with van der Waals surface area (Å²) in [6, 6.07) is 27.7. The molecule has 0 saturated carbocycles. The number of likely N-dealkylation sites (N-methyl/N-ethyl adjacent to an activating group) is 1. The minimum Gasteiger partial charge on any atom is -0.492 e. The van der Waals surface area contributed by atoms with Crippen LogP contribution in [0.4, 0.5) is 0 Å². The molecule has 8 heteroatoms. The number of rotatable bonds is 17. The number of piperazine rings is 1. The van der Waals surface area contributed by atoms with Gasteiger partial charge in [-0.2, -0.15) is 0 Å². The van der Waals surface area contributed by atoms with Crippen molar-refractivity contribution < 1.29 is 14.2 Å². The fourth-order valence-corrected chi connectivity index (χ4v) is 8.17. The zero-order valence-electron chi connectivity index (χ0n) is 32.5. The van der Waals surface area contributed by atoms with Crippen LogP contribution >= 0.6 is 0 Å². The lowest BCUT2D eigenvalue weighted by molar-refractivity contribution is 0.0765. The van der Waals surface area contributed by atoms with Gasteiger partial charge >= 0.3 is 0 Å². The van der Waals surface area contributed by atoms with Crippen molar-refractivity contribution >= 4 is 0 Å². The molecular formula is C44H65N5O3. The van der Waals surface area contributed by atoms with Gasteiger partial charge in [-0.25, -0.2) is 0 Å². The zero-order valence-corrected chi connectivity index (χ0v) is 32.5. The Bertz CT molecular complexity index is 1440. The van der Waals surface area contributed by atoms with E-state index in [2.05, 4.69) is 126 Å². The maximum absolute atomic E-state index is 6.32. The fourth-order valence-electron chi connectivity index (χ4n) is 8.17. The minimum atomic E-state index is 0.477. The number of hydrogen-bond donors (Lipinski definition) is 1. The lowest BCUT2D eigenvalue weighted by atomic mass is 9.89. The van der Waals surface area contributed by atoms with Crippen molar-refractivity contribution in [2.45, 2.75) is 70.5 Å². The van der Waals surface area contributed by atoms with E-state index in [4.69, 9.17) is 14.2 Å². The molecule has 3 aromatic rings. The van der Waals surface area contributed by atoms with E-state index >= 15 is 0 Å². The van der Waals surface area contributed by atoms with Crippen molar-refractivity contribution in [3.8, 4) is 17.2 Å². The highest BCUT2D eigenvalue weighted by atomic mass is 16.5. The molecule has 3 saturated heterocycles. The van der Waals surface area contributed by atoms with Crippen LogP contribution in [0.2, 0.25) is 0 Å². The Labute approximate surface area is 314 Å². The van der Waals surface area contributed by atoms with Gasteiger partial charge in [0.25, 0.3) is 0 Å². The van der Waals surface area contributed by atoms with Crippen LogP contribution < -0.4 is 19.5 Å². The average Bonchev–Trinajstić information content (AvgIpc) is 3.15. The summed E-state index contributed by atoms with van der Waals surface area (Å²) in [5, 5.41) is 3.67. The third kappa shape index (κ3) is 12.2. The monoisotopic (exact) mass is 712 g/mol. The van der Waals surface area contributed by atoms with Crippen molar-refractivity contribution in [3.05, 3.63) is 89.5 Å². The van der Waals surface area contributed by atoms with Gasteiger partial charge in [-0.15, -0.1) is 0 Å². The third-order valence-corrected chi connectivity index (χ3v) is 11.5. The van der Waals surface area contributed by atoms with Crippen molar-refractivity contribution in [2.24, 2.45) is 5.92 Å². The third-order valence-electron chi connectivity index (χ3n) is 11.5. The normalized spacial score (nSPS) is 22.7. The maximum Gasteiger partial charge on any atom is 0.119 e.